The van der Waals surface area contributed by atoms with Crippen molar-refractivity contribution < 1.29 is 13.9 Å². The second-order valence-electron chi connectivity index (χ2n) is 5.92. The van der Waals surface area contributed by atoms with Gasteiger partial charge in [-0.05, 0) is 30.3 Å². The average molecular weight is 366 g/mol. The molecule has 3 aromatic heterocycles. The molecule has 0 radical (unpaired) electrons. The Balaban J connectivity index is 1.60. The first-order valence-corrected chi connectivity index (χ1v) is 8.38. The van der Waals surface area contributed by atoms with Crippen LogP contribution < -0.4 is 10.6 Å². The van der Waals surface area contributed by atoms with Gasteiger partial charge in [0.2, 0.25) is 11.6 Å². The second-order valence-corrected chi connectivity index (χ2v) is 5.92. The van der Waals surface area contributed by atoms with Gasteiger partial charge in [-0.25, -0.2) is 9.97 Å². The van der Waals surface area contributed by atoms with Crippen molar-refractivity contribution in [3.8, 4) is 0 Å². The zero-order valence-corrected chi connectivity index (χ0v) is 14.9. The molecule has 0 aliphatic carbocycles. The van der Waals surface area contributed by atoms with Crippen LogP contribution in [-0.4, -0.2) is 45.7 Å². The summed E-state index contributed by atoms with van der Waals surface area (Å²) in [6.45, 7) is 0.916. The van der Waals surface area contributed by atoms with Crippen LogP contribution in [0.1, 0.15) is 10.4 Å². The molecule has 0 bridgehead atoms. The first-order chi connectivity index (χ1) is 13.2. The Morgan fingerprint density at radius 3 is 3.00 bits per heavy atom. The fourth-order valence-corrected chi connectivity index (χ4v) is 2.74. The molecule has 0 atom stereocenters. The topological polar surface area (TPSA) is 107 Å². The molecule has 0 unspecified atom stereocenters. The van der Waals surface area contributed by atoms with E-state index in [-0.39, 0.29) is 5.91 Å². The lowest BCUT2D eigenvalue weighted by atomic mass is 10.2. The number of anilines is 2. The molecule has 9 heteroatoms. The van der Waals surface area contributed by atoms with E-state index in [9.17, 15) is 4.79 Å². The van der Waals surface area contributed by atoms with Crippen LogP contribution in [0.25, 0.3) is 22.3 Å². The van der Waals surface area contributed by atoms with Crippen molar-refractivity contribution in [1.82, 2.24) is 24.8 Å². The van der Waals surface area contributed by atoms with Crippen LogP contribution in [0.5, 0.6) is 0 Å². The number of pyridine rings is 1. The quantitative estimate of drug-likeness (QED) is 0.504. The first kappa shape index (κ1) is 17.0. The van der Waals surface area contributed by atoms with Gasteiger partial charge in [-0.2, -0.15) is 4.98 Å². The number of carbonyl (C=O) groups excluding carboxylic acids is 1. The fourth-order valence-electron chi connectivity index (χ4n) is 2.74. The number of nitrogens with zero attached hydrogens (tertiary/aromatic N) is 4. The number of benzene rings is 1. The molecule has 0 spiro atoms. The minimum atomic E-state index is -0.167. The van der Waals surface area contributed by atoms with E-state index in [1.165, 1.54) is 0 Å². The van der Waals surface area contributed by atoms with Crippen molar-refractivity contribution in [3.05, 3.63) is 42.1 Å². The second kappa shape index (κ2) is 7.04. The van der Waals surface area contributed by atoms with Crippen molar-refractivity contribution in [2.75, 3.05) is 25.6 Å². The number of amides is 1. The Morgan fingerprint density at radius 2 is 2.19 bits per heavy atom. The average Bonchev–Trinajstić information content (AvgIpc) is 3.22. The van der Waals surface area contributed by atoms with Gasteiger partial charge in [0, 0.05) is 32.5 Å². The maximum atomic E-state index is 12.2. The van der Waals surface area contributed by atoms with E-state index in [2.05, 4.69) is 25.6 Å². The molecule has 0 saturated heterocycles. The standard InChI is InChI=1S/C18H18N6O3/c1-24-13-6-5-11(16(25)20-8-9-26-2)10-12(13)21-17(24)23-18-22-15-14(27-18)4-3-7-19-15/h3-7,10H,8-9H2,1-2H3,(H,20,25)(H,19,21,22,23). The molecule has 0 aliphatic rings. The van der Waals surface area contributed by atoms with Crippen LogP contribution in [-0.2, 0) is 11.8 Å². The van der Waals surface area contributed by atoms with Crippen molar-refractivity contribution >= 4 is 40.1 Å². The maximum Gasteiger partial charge on any atom is 0.304 e. The molecule has 2 N–H and O–H groups in total. The third kappa shape index (κ3) is 3.32. The van der Waals surface area contributed by atoms with E-state index in [0.29, 0.717) is 47.4 Å². The molecule has 138 valence electrons. The number of aromatic nitrogens is 4. The summed E-state index contributed by atoms with van der Waals surface area (Å²) in [5.41, 5.74) is 3.21. The van der Waals surface area contributed by atoms with E-state index < -0.39 is 0 Å². The predicted molar refractivity (Wildman–Crippen MR) is 100 cm³/mol. The molecule has 1 aromatic carbocycles. The monoisotopic (exact) mass is 366 g/mol. The van der Waals surface area contributed by atoms with E-state index >= 15 is 0 Å². The van der Waals surface area contributed by atoms with Gasteiger partial charge < -0.3 is 19.0 Å². The number of methoxy groups -OCH3 is 1. The van der Waals surface area contributed by atoms with E-state index in [0.717, 1.165) is 5.52 Å². The molecule has 4 rings (SSSR count). The summed E-state index contributed by atoms with van der Waals surface area (Å²) in [6, 6.07) is 9.25. The number of carbonyl (C=O) groups is 1. The van der Waals surface area contributed by atoms with Crippen LogP contribution in [0.2, 0.25) is 0 Å². The highest BCUT2D eigenvalue weighted by molar-refractivity contribution is 5.97. The van der Waals surface area contributed by atoms with Gasteiger partial charge in [0.1, 0.15) is 0 Å². The molecular formula is C18H18N6O3. The first-order valence-electron chi connectivity index (χ1n) is 8.38. The number of ether oxygens (including phenoxy) is 1. The number of fused-ring (bicyclic) bond motifs is 2. The highest BCUT2D eigenvalue weighted by atomic mass is 16.5. The molecule has 0 fully saturated rings. The van der Waals surface area contributed by atoms with Gasteiger partial charge in [-0.1, -0.05) is 0 Å². The molecule has 3 heterocycles. The van der Waals surface area contributed by atoms with Crippen LogP contribution in [0, 0.1) is 0 Å². The molecule has 27 heavy (non-hydrogen) atoms. The minimum Gasteiger partial charge on any atom is -0.421 e. The summed E-state index contributed by atoms with van der Waals surface area (Å²) < 4.78 is 12.4. The summed E-state index contributed by atoms with van der Waals surface area (Å²) in [5.74, 6) is 0.382. The Kier molecular flexibility index (Phi) is 4.43. The lowest BCUT2D eigenvalue weighted by Crippen LogP contribution is -2.26. The van der Waals surface area contributed by atoms with Crippen LogP contribution in [0.15, 0.2) is 40.9 Å². The molecule has 0 aliphatic heterocycles. The number of nitrogens with one attached hydrogen (secondary N) is 2. The van der Waals surface area contributed by atoms with Crippen LogP contribution in [0.3, 0.4) is 0 Å². The number of hydrogen-bond donors (Lipinski definition) is 2. The zero-order chi connectivity index (χ0) is 18.8. The van der Waals surface area contributed by atoms with Crippen LogP contribution in [0.4, 0.5) is 12.0 Å². The summed E-state index contributed by atoms with van der Waals surface area (Å²) >= 11 is 0. The summed E-state index contributed by atoms with van der Waals surface area (Å²) in [5, 5.41) is 5.85. The van der Waals surface area contributed by atoms with Gasteiger partial charge in [-0.15, -0.1) is 0 Å². The lowest BCUT2D eigenvalue weighted by molar-refractivity contribution is 0.0937. The Morgan fingerprint density at radius 1 is 1.30 bits per heavy atom. The van der Waals surface area contributed by atoms with Gasteiger partial charge in [-0.3, -0.25) is 10.1 Å². The smallest absolute Gasteiger partial charge is 0.304 e. The Bertz CT molecular complexity index is 1080. The minimum absolute atomic E-state index is 0.167. The van der Waals surface area contributed by atoms with Gasteiger partial charge >= 0.3 is 6.01 Å². The van der Waals surface area contributed by atoms with Crippen molar-refractivity contribution in [1.29, 1.82) is 0 Å². The van der Waals surface area contributed by atoms with Crippen molar-refractivity contribution in [3.63, 3.8) is 0 Å². The summed E-state index contributed by atoms with van der Waals surface area (Å²) in [7, 11) is 3.46. The third-order valence-electron chi connectivity index (χ3n) is 4.12. The number of hydrogen-bond acceptors (Lipinski definition) is 7. The SMILES string of the molecule is COCCNC(=O)c1ccc2c(c1)nc(Nc1nc3ncccc3o1)n2C. The zero-order valence-electron chi connectivity index (χ0n) is 14.9. The fraction of sp³-hybridized carbons (Fsp3) is 0.222. The largest absolute Gasteiger partial charge is 0.421 e. The number of imidazole rings is 1. The molecule has 4 aromatic rings. The van der Waals surface area contributed by atoms with Crippen LogP contribution >= 0.6 is 0 Å². The molecule has 9 nitrogen and oxygen atoms in total. The summed E-state index contributed by atoms with van der Waals surface area (Å²) in [4.78, 5) is 25.2. The highest BCUT2D eigenvalue weighted by Crippen LogP contribution is 2.24. The summed E-state index contributed by atoms with van der Waals surface area (Å²) in [6.07, 6.45) is 1.66. The lowest BCUT2D eigenvalue weighted by Gasteiger charge is -2.04. The predicted octanol–water partition coefficient (Wildman–Crippen LogP) is 2.23. The van der Waals surface area contributed by atoms with Crippen molar-refractivity contribution in [2.24, 2.45) is 7.05 Å². The molecular weight excluding hydrogens is 348 g/mol. The normalized spacial score (nSPS) is 11.2. The Hall–Kier alpha value is -3.46. The molecule has 0 saturated carbocycles. The van der Waals surface area contributed by atoms with Gasteiger partial charge in [0.15, 0.2) is 5.58 Å². The van der Waals surface area contributed by atoms with E-state index in [1.807, 2.05) is 17.7 Å². The number of aryl methyl sites for hydroxylation is 1. The van der Waals surface area contributed by atoms with Crippen molar-refractivity contribution in [2.45, 2.75) is 0 Å². The third-order valence-corrected chi connectivity index (χ3v) is 4.12. The highest BCUT2D eigenvalue weighted by Gasteiger charge is 2.14. The Labute approximate surface area is 154 Å². The van der Waals surface area contributed by atoms with E-state index in [1.54, 1.807) is 37.6 Å². The maximum absolute atomic E-state index is 12.2. The number of oxazole rings is 1. The molecule has 1 amide bonds. The van der Waals surface area contributed by atoms with Gasteiger partial charge in [0.05, 0.1) is 17.6 Å². The number of rotatable bonds is 6. The van der Waals surface area contributed by atoms with Gasteiger partial charge in [0.25, 0.3) is 5.91 Å². The van der Waals surface area contributed by atoms with E-state index in [4.69, 9.17) is 9.15 Å².